The summed E-state index contributed by atoms with van der Waals surface area (Å²) in [6.45, 7) is 2.01. The minimum atomic E-state index is 0.671. The smallest absolute Gasteiger partial charge is 0.181 e. The molecule has 0 radical (unpaired) electrons. The standard InChI is InChI=1S/C8H8N4/c1-2-7-11-5-6-8(12-7)10-4-3-9-6/h3-5H,2H2,1H3. The predicted molar refractivity (Wildman–Crippen MR) is 44.5 cm³/mol. The van der Waals surface area contributed by atoms with E-state index in [9.17, 15) is 0 Å². The molecule has 0 saturated heterocycles. The van der Waals surface area contributed by atoms with Crippen LogP contribution in [-0.2, 0) is 6.42 Å². The van der Waals surface area contributed by atoms with Gasteiger partial charge in [-0.2, -0.15) is 0 Å². The van der Waals surface area contributed by atoms with Gasteiger partial charge >= 0.3 is 0 Å². The van der Waals surface area contributed by atoms with Crippen LogP contribution in [0.3, 0.4) is 0 Å². The Morgan fingerprint density at radius 1 is 1.17 bits per heavy atom. The average Bonchev–Trinajstić information content (AvgIpc) is 2.17. The first kappa shape index (κ1) is 7.09. The highest BCUT2D eigenvalue weighted by Gasteiger charge is 1.97. The molecule has 0 spiro atoms. The van der Waals surface area contributed by atoms with E-state index in [4.69, 9.17) is 0 Å². The molecule has 0 aromatic carbocycles. The first-order valence-corrected chi connectivity index (χ1v) is 3.83. The molecule has 12 heavy (non-hydrogen) atoms. The maximum absolute atomic E-state index is 4.21. The quantitative estimate of drug-likeness (QED) is 0.624. The fourth-order valence-electron chi connectivity index (χ4n) is 0.976. The second-order valence-electron chi connectivity index (χ2n) is 2.40. The number of fused-ring (bicyclic) bond motifs is 1. The zero-order valence-electron chi connectivity index (χ0n) is 6.73. The summed E-state index contributed by atoms with van der Waals surface area (Å²) >= 11 is 0. The fraction of sp³-hybridized carbons (Fsp3) is 0.250. The molecule has 0 fully saturated rings. The molecule has 2 aromatic heterocycles. The number of hydrogen-bond donors (Lipinski definition) is 0. The Kier molecular flexibility index (Phi) is 1.66. The second-order valence-corrected chi connectivity index (χ2v) is 2.40. The summed E-state index contributed by atoms with van der Waals surface area (Å²) < 4.78 is 0. The van der Waals surface area contributed by atoms with Gasteiger partial charge in [-0.15, -0.1) is 0 Å². The van der Waals surface area contributed by atoms with E-state index >= 15 is 0 Å². The first-order chi connectivity index (χ1) is 5.90. The van der Waals surface area contributed by atoms with Crippen LogP contribution in [0.5, 0.6) is 0 Å². The van der Waals surface area contributed by atoms with Gasteiger partial charge in [-0.05, 0) is 0 Å². The van der Waals surface area contributed by atoms with Gasteiger partial charge in [0.2, 0.25) is 0 Å². The van der Waals surface area contributed by atoms with Gasteiger partial charge in [0.15, 0.2) is 5.65 Å². The molecule has 0 saturated carbocycles. The highest BCUT2D eigenvalue weighted by Crippen LogP contribution is 2.02. The molecule has 60 valence electrons. The Morgan fingerprint density at radius 2 is 2.00 bits per heavy atom. The van der Waals surface area contributed by atoms with E-state index in [0.717, 1.165) is 17.8 Å². The van der Waals surface area contributed by atoms with Crippen molar-refractivity contribution in [2.75, 3.05) is 0 Å². The van der Waals surface area contributed by atoms with Crippen LogP contribution in [0.1, 0.15) is 12.7 Å². The lowest BCUT2D eigenvalue weighted by atomic mass is 10.4. The van der Waals surface area contributed by atoms with E-state index in [2.05, 4.69) is 19.9 Å². The highest BCUT2D eigenvalue weighted by atomic mass is 15.0. The van der Waals surface area contributed by atoms with Gasteiger partial charge in [-0.1, -0.05) is 6.92 Å². The van der Waals surface area contributed by atoms with Gasteiger partial charge in [0.25, 0.3) is 0 Å². The van der Waals surface area contributed by atoms with Gasteiger partial charge < -0.3 is 0 Å². The van der Waals surface area contributed by atoms with Crippen molar-refractivity contribution < 1.29 is 0 Å². The second kappa shape index (κ2) is 2.81. The van der Waals surface area contributed by atoms with E-state index in [1.807, 2.05) is 6.92 Å². The summed E-state index contributed by atoms with van der Waals surface area (Å²) in [7, 11) is 0. The summed E-state index contributed by atoms with van der Waals surface area (Å²) in [5.74, 6) is 0.808. The van der Waals surface area contributed by atoms with Crippen LogP contribution < -0.4 is 0 Å². The molecule has 0 N–H and O–H groups in total. The van der Waals surface area contributed by atoms with Crippen molar-refractivity contribution in [3.8, 4) is 0 Å². The molecule has 0 aliphatic carbocycles. The summed E-state index contributed by atoms with van der Waals surface area (Å²) in [4.78, 5) is 16.5. The van der Waals surface area contributed by atoms with Gasteiger partial charge in [-0.25, -0.2) is 19.9 Å². The summed E-state index contributed by atoms with van der Waals surface area (Å²) in [5, 5.41) is 0. The minimum Gasteiger partial charge on any atom is -0.250 e. The number of aryl methyl sites for hydroxylation is 1. The average molecular weight is 160 g/mol. The van der Waals surface area contributed by atoms with Crippen LogP contribution in [0.2, 0.25) is 0 Å². The van der Waals surface area contributed by atoms with Crippen molar-refractivity contribution in [2.45, 2.75) is 13.3 Å². The van der Waals surface area contributed by atoms with Crippen LogP contribution in [0, 0.1) is 0 Å². The summed E-state index contributed by atoms with van der Waals surface area (Å²) in [5.41, 5.74) is 1.42. The van der Waals surface area contributed by atoms with Gasteiger partial charge in [0, 0.05) is 18.8 Å². The lowest BCUT2D eigenvalue weighted by molar-refractivity contribution is 0.948. The van der Waals surface area contributed by atoms with Gasteiger partial charge in [0.05, 0.1) is 6.20 Å². The largest absolute Gasteiger partial charge is 0.250 e. The van der Waals surface area contributed by atoms with E-state index in [-0.39, 0.29) is 0 Å². The third-order valence-corrected chi connectivity index (χ3v) is 1.59. The van der Waals surface area contributed by atoms with Crippen molar-refractivity contribution in [2.24, 2.45) is 0 Å². The first-order valence-electron chi connectivity index (χ1n) is 3.83. The van der Waals surface area contributed by atoms with E-state index in [0.29, 0.717) is 5.65 Å². The Labute approximate surface area is 69.7 Å². The van der Waals surface area contributed by atoms with Crippen LogP contribution in [-0.4, -0.2) is 19.9 Å². The van der Waals surface area contributed by atoms with Crippen LogP contribution >= 0.6 is 0 Å². The Bertz CT molecular complexity index is 399. The Balaban J connectivity index is 2.67. The number of hydrogen-bond acceptors (Lipinski definition) is 4. The normalized spacial score (nSPS) is 10.4. The molecule has 0 bridgehead atoms. The third kappa shape index (κ3) is 1.11. The summed E-state index contributed by atoms with van der Waals surface area (Å²) in [6.07, 6.45) is 5.80. The number of rotatable bonds is 1. The Hall–Kier alpha value is -1.58. The molecule has 0 unspecified atom stereocenters. The third-order valence-electron chi connectivity index (χ3n) is 1.59. The molecular weight excluding hydrogens is 152 g/mol. The molecular formula is C8H8N4. The molecule has 2 rings (SSSR count). The lowest BCUT2D eigenvalue weighted by Crippen LogP contribution is -1.94. The summed E-state index contributed by atoms with van der Waals surface area (Å²) in [6, 6.07) is 0. The monoisotopic (exact) mass is 160 g/mol. The minimum absolute atomic E-state index is 0.671. The van der Waals surface area contributed by atoms with Crippen molar-refractivity contribution in [1.82, 2.24) is 19.9 Å². The lowest BCUT2D eigenvalue weighted by Gasteiger charge is -1.95. The SMILES string of the molecule is CCc1ncc2nccnc2n1. The molecule has 0 aliphatic rings. The van der Waals surface area contributed by atoms with Crippen molar-refractivity contribution in [3.63, 3.8) is 0 Å². The van der Waals surface area contributed by atoms with Crippen molar-refractivity contribution in [1.29, 1.82) is 0 Å². The zero-order valence-corrected chi connectivity index (χ0v) is 6.73. The van der Waals surface area contributed by atoms with Crippen molar-refractivity contribution >= 4 is 11.2 Å². The molecule has 0 atom stereocenters. The topological polar surface area (TPSA) is 51.6 Å². The van der Waals surface area contributed by atoms with Gasteiger partial charge in [0.1, 0.15) is 11.3 Å². The van der Waals surface area contributed by atoms with E-state index in [1.54, 1.807) is 18.6 Å². The van der Waals surface area contributed by atoms with Crippen LogP contribution in [0.25, 0.3) is 11.2 Å². The van der Waals surface area contributed by atoms with Gasteiger partial charge in [-0.3, -0.25) is 0 Å². The zero-order chi connectivity index (χ0) is 8.39. The Morgan fingerprint density at radius 3 is 2.83 bits per heavy atom. The van der Waals surface area contributed by atoms with Crippen LogP contribution in [0.15, 0.2) is 18.6 Å². The molecule has 4 nitrogen and oxygen atoms in total. The maximum Gasteiger partial charge on any atom is 0.181 e. The van der Waals surface area contributed by atoms with E-state index < -0.39 is 0 Å². The fourth-order valence-corrected chi connectivity index (χ4v) is 0.976. The van der Waals surface area contributed by atoms with E-state index in [1.165, 1.54) is 0 Å². The highest BCUT2D eigenvalue weighted by molar-refractivity contribution is 5.67. The number of aromatic nitrogens is 4. The van der Waals surface area contributed by atoms with Crippen LogP contribution in [0.4, 0.5) is 0 Å². The molecule has 0 amide bonds. The maximum atomic E-state index is 4.21. The molecule has 4 heteroatoms. The number of nitrogens with zero attached hydrogens (tertiary/aromatic N) is 4. The molecule has 2 heterocycles. The van der Waals surface area contributed by atoms with Crippen molar-refractivity contribution in [3.05, 3.63) is 24.4 Å². The molecule has 2 aromatic rings. The predicted octanol–water partition coefficient (Wildman–Crippen LogP) is 0.982. The molecule has 0 aliphatic heterocycles.